The number of nitrogens with zero attached hydrogens (tertiary/aromatic N) is 3. The highest BCUT2D eigenvalue weighted by Crippen LogP contribution is 2.33. The Morgan fingerprint density at radius 2 is 1.79 bits per heavy atom. The van der Waals surface area contributed by atoms with Crippen molar-refractivity contribution in [1.29, 1.82) is 0 Å². The molecule has 1 saturated carbocycles. The second-order valence-corrected chi connectivity index (χ2v) is 9.78. The Balaban J connectivity index is 1.37. The minimum absolute atomic E-state index is 0.00457. The number of thiazole rings is 1. The van der Waals surface area contributed by atoms with E-state index in [1.54, 1.807) is 27.6 Å². The summed E-state index contributed by atoms with van der Waals surface area (Å²) in [6.07, 6.45) is 1.89. The summed E-state index contributed by atoms with van der Waals surface area (Å²) in [5.41, 5.74) is 0.0138. The van der Waals surface area contributed by atoms with Gasteiger partial charge < -0.3 is 15.1 Å². The van der Waals surface area contributed by atoms with E-state index in [0.29, 0.717) is 26.2 Å². The minimum Gasteiger partial charge on any atom is -0.345 e. The molecule has 0 bridgehead atoms. The van der Waals surface area contributed by atoms with Crippen LogP contribution >= 0.6 is 22.7 Å². The molecule has 1 aliphatic heterocycles. The molecule has 2 aromatic heterocycles. The first-order valence-corrected chi connectivity index (χ1v) is 11.5. The molecule has 2 aromatic rings. The summed E-state index contributed by atoms with van der Waals surface area (Å²) in [7, 11) is 0. The Hall–Kier alpha value is -2.26. The summed E-state index contributed by atoms with van der Waals surface area (Å²) in [5, 5.41) is 7.62. The molecule has 1 N–H and O–H groups in total. The van der Waals surface area contributed by atoms with Gasteiger partial charge in [-0.1, -0.05) is 6.07 Å². The fourth-order valence-corrected chi connectivity index (χ4v) is 5.11. The van der Waals surface area contributed by atoms with E-state index in [1.165, 1.54) is 4.90 Å². The molecule has 0 aromatic carbocycles. The van der Waals surface area contributed by atoms with Crippen LogP contribution in [0.4, 0.5) is 0 Å². The van der Waals surface area contributed by atoms with Crippen LogP contribution < -0.4 is 5.32 Å². The molecule has 9 heteroatoms. The maximum absolute atomic E-state index is 13.2. The minimum atomic E-state index is -0.748. The summed E-state index contributed by atoms with van der Waals surface area (Å²) in [5.74, 6) is -1.03. The first-order chi connectivity index (χ1) is 13.9. The molecule has 154 valence electrons. The topological polar surface area (TPSA) is 82.6 Å². The molecule has 0 unspecified atom stereocenters. The smallest absolute Gasteiger partial charge is 0.312 e. The van der Waals surface area contributed by atoms with Crippen molar-refractivity contribution in [2.45, 2.75) is 38.1 Å². The van der Waals surface area contributed by atoms with E-state index in [2.05, 4.69) is 5.32 Å². The molecule has 0 spiro atoms. The molecule has 3 amide bonds. The average molecular weight is 433 g/mol. The average Bonchev–Trinajstić information content (AvgIpc) is 3.17. The van der Waals surface area contributed by atoms with Gasteiger partial charge in [0.25, 0.3) is 0 Å². The number of nitrogens with one attached hydrogen (secondary N) is 1. The molecule has 0 radical (unpaired) electrons. The quantitative estimate of drug-likeness (QED) is 0.750. The van der Waals surface area contributed by atoms with E-state index in [1.807, 2.05) is 36.7 Å². The highest BCUT2D eigenvalue weighted by atomic mass is 32.1. The monoisotopic (exact) mass is 432 g/mol. The summed E-state index contributed by atoms with van der Waals surface area (Å²) in [6.45, 7) is 5.37. The molecule has 3 heterocycles. The van der Waals surface area contributed by atoms with Gasteiger partial charge in [0.15, 0.2) is 0 Å². The Morgan fingerprint density at radius 1 is 1.10 bits per heavy atom. The van der Waals surface area contributed by atoms with Gasteiger partial charge in [0, 0.05) is 37.6 Å². The Morgan fingerprint density at radius 3 is 2.41 bits per heavy atom. The van der Waals surface area contributed by atoms with Gasteiger partial charge in [0.1, 0.15) is 5.01 Å². The van der Waals surface area contributed by atoms with Crippen LogP contribution in [0.25, 0.3) is 9.88 Å². The largest absolute Gasteiger partial charge is 0.345 e. The van der Waals surface area contributed by atoms with Crippen molar-refractivity contribution in [2.24, 2.45) is 0 Å². The first-order valence-electron chi connectivity index (χ1n) is 9.75. The number of carbonyl (C=O) groups is 3. The zero-order chi connectivity index (χ0) is 20.6. The van der Waals surface area contributed by atoms with Crippen molar-refractivity contribution >= 4 is 40.4 Å². The summed E-state index contributed by atoms with van der Waals surface area (Å²) < 4.78 is 0. The van der Waals surface area contributed by atoms with Crippen LogP contribution in [-0.4, -0.2) is 64.7 Å². The second-order valence-electron chi connectivity index (χ2n) is 7.97. The van der Waals surface area contributed by atoms with Gasteiger partial charge in [-0.05, 0) is 38.1 Å². The second kappa shape index (κ2) is 7.87. The highest BCUT2D eigenvalue weighted by molar-refractivity contribution is 7.20. The number of thiophene rings is 1. The van der Waals surface area contributed by atoms with Crippen molar-refractivity contribution in [3.8, 4) is 9.88 Å². The lowest BCUT2D eigenvalue weighted by molar-refractivity contribution is -0.149. The lowest BCUT2D eigenvalue weighted by Crippen LogP contribution is -2.56. The van der Waals surface area contributed by atoms with Crippen LogP contribution in [0, 0.1) is 0 Å². The normalized spacial score (nSPS) is 17.3. The number of piperazine rings is 1. The number of rotatable bonds is 4. The van der Waals surface area contributed by atoms with E-state index >= 15 is 0 Å². The van der Waals surface area contributed by atoms with Crippen molar-refractivity contribution in [1.82, 2.24) is 20.1 Å². The standard InChI is InChI=1S/C20H24N4O3S2/c1-20(2,15-12-29-17(22-15)14-4-3-11-28-14)19(27)24-9-7-23(8-10-24)18(26)16(25)21-13-5-6-13/h3-4,11-13H,5-10H2,1-2H3,(H,21,25). The van der Waals surface area contributed by atoms with E-state index in [0.717, 1.165) is 28.4 Å². The number of hydrogen-bond acceptors (Lipinski definition) is 6. The predicted molar refractivity (Wildman–Crippen MR) is 113 cm³/mol. The third kappa shape index (κ3) is 4.20. The number of hydrogen-bond donors (Lipinski definition) is 1. The molecule has 2 fully saturated rings. The van der Waals surface area contributed by atoms with E-state index < -0.39 is 17.2 Å². The van der Waals surface area contributed by atoms with E-state index in [9.17, 15) is 14.4 Å². The van der Waals surface area contributed by atoms with Crippen LogP contribution in [0.5, 0.6) is 0 Å². The third-order valence-electron chi connectivity index (χ3n) is 5.37. The van der Waals surface area contributed by atoms with Crippen LogP contribution in [0.15, 0.2) is 22.9 Å². The number of aromatic nitrogens is 1. The van der Waals surface area contributed by atoms with Crippen molar-refractivity contribution in [3.63, 3.8) is 0 Å². The van der Waals surface area contributed by atoms with Crippen LogP contribution in [-0.2, 0) is 19.8 Å². The van der Waals surface area contributed by atoms with Crippen LogP contribution in [0.2, 0.25) is 0 Å². The lowest BCUT2D eigenvalue weighted by atomic mass is 9.88. The first kappa shape index (κ1) is 20.0. The Kier molecular flexibility index (Phi) is 5.44. The molecular formula is C20H24N4O3S2. The molecule has 1 saturated heterocycles. The van der Waals surface area contributed by atoms with Crippen LogP contribution in [0.3, 0.4) is 0 Å². The molecule has 1 aliphatic carbocycles. The maximum atomic E-state index is 13.2. The lowest BCUT2D eigenvalue weighted by Gasteiger charge is -2.38. The number of amides is 3. The van der Waals surface area contributed by atoms with Gasteiger partial charge in [-0.3, -0.25) is 14.4 Å². The molecule has 29 heavy (non-hydrogen) atoms. The summed E-state index contributed by atoms with van der Waals surface area (Å²) >= 11 is 3.18. The van der Waals surface area contributed by atoms with Gasteiger partial charge in [-0.15, -0.1) is 22.7 Å². The maximum Gasteiger partial charge on any atom is 0.312 e. The van der Waals surface area contributed by atoms with Gasteiger partial charge in [-0.2, -0.15) is 0 Å². The zero-order valence-electron chi connectivity index (χ0n) is 16.5. The van der Waals surface area contributed by atoms with Gasteiger partial charge in [0.2, 0.25) is 5.91 Å². The summed E-state index contributed by atoms with van der Waals surface area (Å²) in [6, 6.07) is 4.17. The van der Waals surface area contributed by atoms with Crippen molar-refractivity contribution in [2.75, 3.05) is 26.2 Å². The van der Waals surface area contributed by atoms with Gasteiger partial charge in [0.05, 0.1) is 16.0 Å². The highest BCUT2D eigenvalue weighted by Gasteiger charge is 2.38. The van der Waals surface area contributed by atoms with Crippen molar-refractivity contribution in [3.05, 3.63) is 28.6 Å². The van der Waals surface area contributed by atoms with E-state index in [-0.39, 0.29) is 11.9 Å². The van der Waals surface area contributed by atoms with Gasteiger partial charge >= 0.3 is 11.8 Å². The fraction of sp³-hybridized carbons (Fsp3) is 0.500. The molecule has 7 nitrogen and oxygen atoms in total. The van der Waals surface area contributed by atoms with E-state index in [4.69, 9.17) is 4.98 Å². The fourth-order valence-electron chi connectivity index (χ4n) is 3.31. The summed E-state index contributed by atoms with van der Waals surface area (Å²) in [4.78, 5) is 46.5. The Bertz CT molecular complexity index is 910. The Labute approximate surface area is 177 Å². The molecule has 4 rings (SSSR count). The molecule has 2 aliphatic rings. The van der Waals surface area contributed by atoms with Crippen molar-refractivity contribution < 1.29 is 14.4 Å². The van der Waals surface area contributed by atoms with Crippen LogP contribution in [0.1, 0.15) is 32.4 Å². The zero-order valence-corrected chi connectivity index (χ0v) is 18.1. The SMILES string of the molecule is CC(C)(C(=O)N1CCN(C(=O)C(=O)NC2CC2)CC1)c1csc(-c2cccs2)n1. The molecular weight excluding hydrogens is 408 g/mol. The number of carbonyl (C=O) groups excluding carboxylic acids is 3. The predicted octanol–water partition coefficient (Wildman–Crippen LogP) is 2.10. The van der Waals surface area contributed by atoms with Gasteiger partial charge in [-0.25, -0.2) is 4.98 Å². The molecule has 0 atom stereocenters. The third-order valence-corrected chi connectivity index (χ3v) is 7.25.